The van der Waals surface area contributed by atoms with Crippen LogP contribution in [0.4, 0.5) is 0 Å². The molecule has 3 rings (SSSR count). The fraction of sp³-hybridized carbons (Fsp3) is 0.0909. The van der Waals surface area contributed by atoms with Crippen LogP contribution in [-0.4, -0.2) is 23.5 Å². The van der Waals surface area contributed by atoms with E-state index in [-0.39, 0.29) is 30.7 Å². The van der Waals surface area contributed by atoms with Crippen molar-refractivity contribution in [2.24, 2.45) is 0 Å². The summed E-state index contributed by atoms with van der Waals surface area (Å²) in [6, 6.07) is 23.9. The molecular weight excluding hydrogens is 340 g/mol. The van der Waals surface area contributed by atoms with Crippen LogP contribution in [0.1, 0.15) is 15.9 Å². The Bertz CT molecular complexity index is 922. The Morgan fingerprint density at radius 3 is 2.07 bits per heavy atom. The number of amides is 2. The predicted octanol–water partition coefficient (Wildman–Crippen LogP) is 3.11. The highest BCUT2D eigenvalue weighted by atomic mass is 16.3. The minimum absolute atomic E-state index is 0.125. The van der Waals surface area contributed by atoms with Gasteiger partial charge < -0.3 is 15.7 Å². The Hall–Kier alpha value is -3.60. The van der Waals surface area contributed by atoms with Gasteiger partial charge in [-0.3, -0.25) is 9.59 Å². The molecule has 0 radical (unpaired) electrons. The lowest BCUT2D eigenvalue weighted by Crippen LogP contribution is -2.36. The van der Waals surface area contributed by atoms with Gasteiger partial charge in [-0.2, -0.15) is 0 Å². The molecule has 5 nitrogen and oxygen atoms in total. The third-order valence-corrected chi connectivity index (χ3v) is 4.13. The minimum atomic E-state index is -0.326. The Kier molecular flexibility index (Phi) is 5.84. The minimum Gasteiger partial charge on any atom is -0.508 e. The van der Waals surface area contributed by atoms with E-state index < -0.39 is 0 Å². The van der Waals surface area contributed by atoms with Gasteiger partial charge in [0.2, 0.25) is 5.91 Å². The average Bonchev–Trinajstić information content (AvgIpc) is 2.72. The lowest BCUT2D eigenvalue weighted by molar-refractivity contribution is -0.120. The highest BCUT2D eigenvalue weighted by Gasteiger charge is 2.09. The zero-order valence-corrected chi connectivity index (χ0v) is 14.7. The van der Waals surface area contributed by atoms with Gasteiger partial charge in [-0.05, 0) is 29.3 Å². The van der Waals surface area contributed by atoms with Crippen molar-refractivity contribution in [2.45, 2.75) is 6.54 Å². The molecule has 0 aliphatic heterocycles. The van der Waals surface area contributed by atoms with E-state index in [2.05, 4.69) is 10.6 Å². The monoisotopic (exact) mass is 360 g/mol. The molecule has 0 heterocycles. The molecule has 0 atom stereocenters. The molecule has 0 bridgehead atoms. The molecule has 0 unspecified atom stereocenters. The number of hydrogen-bond acceptors (Lipinski definition) is 3. The molecule has 0 saturated carbocycles. The molecule has 27 heavy (non-hydrogen) atoms. The number of phenolic OH excluding ortho intramolecular Hbond substituents is 1. The van der Waals surface area contributed by atoms with E-state index in [4.69, 9.17) is 0 Å². The quantitative estimate of drug-likeness (QED) is 0.632. The van der Waals surface area contributed by atoms with E-state index in [1.165, 1.54) is 0 Å². The highest BCUT2D eigenvalue weighted by Crippen LogP contribution is 2.19. The summed E-state index contributed by atoms with van der Waals surface area (Å²) in [6.45, 7) is 0.0695. The predicted molar refractivity (Wildman–Crippen MR) is 104 cm³/mol. The van der Waals surface area contributed by atoms with Crippen LogP contribution in [0.5, 0.6) is 5.75 Å². The van der Waals surface area contributed by atoms with E-state index in [9.17, 15) is 14.7 Å². The standard InChI is InChI=1S/C22H20N2O3/c25-20-9-5-4-8-19(20)14-23-21(26)15-24-22(27)18-12-10-17(11-13-18)16-6-2-1-3-7-16/h1-13,25H,14-15H2,(H,23,26)(H,24,27). The number of nitrogens with one attached hydrogen (secondary N) is 2. The molecule has 0 aromatic heterocycles. The fourth-order valence-electron chi connectivity index (χ4n) is 2.62. The van der Waals surface area contributed by atoms with E-state index in [0.29, 0.717) is 11.1 Å². The Labute approximate surface area is 157 Å². The van der Waals surface area contributed by atoms with Crippen molar-refractivity contribution < 1.29 is 14.7 Å². The van der Waals surface area contributed by atoms with E-state index >= 15 is 0 Å². The van der Waals surface area contributed by atoms with Gasteiger partial charge in [-0.1, -0.05) is 60.7 Å². The topological polar surface area (TPSA) is 78.4 Å². The molecule has 2 amide bonds. The summed E-state index contributed by atoms with van der Waals surface area (Å²) >= 11 is 0. The number of aromatic hydroxyl groups is 1. The average molecular weight is 360 g/mol. The van der Waals surface area contributed by atoms with Crippen molar-refractivity contribution in [3.8, 4) is 16.9 Å². The molecule has 136 valence electrons. The van der Waals surface area contributed by atoms with Crippen molar-refractivity contribution >= 4 is 11.8 Å². The van der Waals surface area contributed by atoms with Crippen molar-refractivity contribution in [1.82, 2.24) is 10.6 Å². The van der Waals surface area contributed by atoms with E-state index in [1.807, 2.05) is 42.5 Å². The maximum Gasteiger partial charge on any atom is 0.251 e. The fourth-order valence-corrected chi connectivity index (χ4v) is 2.62. The summed E-state index contributed by atoms with van der Waals surface area (Å²) in [4.78, 5) is 24.1. The molecule has 0 saturated heterocycles. The van der Waals surface area contributed by atoms with Crippen LogP contribution < -0.4 is 10.6 Å². The molecule has 3 N–H and O–H groups in total. The van der Waals surface area contributed by atoms with Crippen LogP contribution in [0.15, 0.2) is 78.9 Å². The summed E-state index contributed by atoms with van der Waals surface area (Å²) in [5, 5.41) is 14.9. The Balaban J connectivity index is 1.50. The first-order chi connectivity index (χ1) is 13.1. The molecule has 0 aliphatic carbocycles. The van der Waals surface area contributed by atoms with Gasteiger partial charge in [0.25, 0.3) is 5.91 Å². The van der Waals surface area contributed by atoms with Gasteiger partial charge in [0.05, 0.1) is 6.54 Å². The number of para-hydroxylation sites is 1. The second kappa shape index (κ2) is 8.67. The summed E-state index contributed by atoms with van der Waals surface area (Å²) in [6.07, 6.45) is 0. The van der Waals surface area contributed by atoms with Crippen LogP contribution in [0.25, 0.3) is 11.1 Å². The second-order valence-electron chi connectivity index (χ2n) is 6.03. The summed E-state index contributed by atoms with van der Waals surface area (Å²) in [5.41, 5.74) is 3.21. The van der Waals surface area contributed by atoms with E-state index in [1.54, 1.807) is 36.4 Å². The molecule has 5 heteroatoms. The second-order valence-corrected chi connectivity index (χ2v) is 6.03. The van der Waals surface area contributed by atoms with Crippen molar-refractivity contribution in [1.29, 1.82) is 0 Å². The van der Waals surface area contributed by atoms with Crippen molar-refractivity contribution in [2.75, 3.05) is 6.54 Å². The van der Waals surface area contributed by atoms with Gasteiger partial charge in [-0.15, -0.1) is 0 Å². The molecule has 3 aromatic carbocycles. The smallest absolute Gasteiger partial charge is 0.251 e. The Morgan fingerprint density at radius 2 is 1.37 bits per heavy atom. The molecule has 3 aromatic rings. The lowest BCUT2D eigenvalue weighted by Gasteiger charge is -2.09. The van der Waals surface area contributed by atoms with Gasteiger partial charge in [0.1, 0.15) is 5.75 Å². The van der Waals surface area contributed by atoms with Gasteiger partial charge in [-0.25, -0.2) is 0 Å². The summed E-state index contributed by atoms with van der Waals surface area (Å²) < 4.78 is 0. The number of carbonyl (C=O) groups excluding carboxylic acids is 2. The number of benzene rings is 3. The normalized spacial score (nSPS) is 10.2. The molecule has 0 spiro atoms. The zero-order valence-electron chi connectivity index (χ0n) is 14.7. The molecule has 0 aliphatic rings. The van der Waals surface area contributed by atoms with Crippen molar-refractivity contribution in [3.05, 3.63) is 90.0 Å². The third kappa shape index (κ3) is 4.95. The van der Waals surface area contributed by atoms with Crippen molar-refractivity contribution in [3.63, 3.8) is 0 Å². The maximum absolute atomic E-state index is 12.2. The van der Waals surface area contributed by atoms with Gasteiger partial charge in [0.15, 0.2) is 0 Å². The number of phenols is 1. The largest absolute Gasteiger partial charge is 0.508 e. The number of carbonyl (C=O) groups is 2. The van der Waals surface area contributed by atoms with Crippen LogP contribution in [0.2, 0.25) is 0 Å². The van der Waals surface area contributed by atoms with E-state index in [0.717, 1.165) is 11.1 Å². The third-order valence-electron chi connectivity index (χ3n) is 4.13. The number of hydrogen-bond donors (Lipinski definition) is 3. The van der Waals surface area contributed by atoms with Gasteiger partial charge >= 0.3 is 0 Å². The number of rotatable bonds is 6. The highest BCUT2D eigenvalue weighted by molar-refractivity contribution is 5.96. The first-order valence-electron chi connectivity index (χ1n) is 8.61. The summed E-state index contributed by atoms with van der Waals surface area (Å²) in [5.74, 6) is -0.514. The zero-order chi connectivity index (χ0) is 19.1. The molecule has 0 fully saturated rings. The Morgan fingerprint density at radius 1 is 0.741 bits per heavy atom. The van der Waals surface area contributed by atoms with Crippen LogP contribution in [0.3, 0.4) is 0 Å². The molecular formula is C22H20N2O3. The SMILES string of the molecule is O=C(CNC(=O)c1ccc(-c2ccccc2)cc1)NCc1ccccc1O. The van der Waals surface area contributed by atoms with Crippen LogP contribution in [0, 0.1) is 0 Å². The first kappa shape index (κ1) is 18.2. The lowest BCUT2D eigenvalue weighted by atomic mass is 10.0. The van der Waals surface area contributed by atoms with Crippen LogP contribution in [-0.2, 0) is 11.3 Å². The maximum atomic E-state index is 12.2. The first-order valence-corrected chi connectivity index (χ1v) is 8.61. The summed E-state index contributed by atoms with van der Waals surface area (Å²) in [7, 11) is 0. The van der Waals surface area contributed by atoms with Gasteiger partial charge in [0, 0.05) is 17.7 Å². The van der Waals surface area contributed by atoms with Crippen LogP contribution >= 0.6 is 0 Å².